The highest BCUT2D eigenvalue weighted by atomic mass is 79.9. The normalized spacial score (nSPS) is 12.1. The summed E-state index contributed by atoms with van der Waals surface area (Å²) in [6.45, 7) is 0. The number of hydrogen-bond donors (Lipinski definition) is 0. The number of alkyl halides is 1. The molecule has 0 spiro atoms. The molecule has 0 radical (unpaired) electrons. The first-order chi connectivity index (χ1) is 9.29. The second-order valence-corrected chi connectivity index (χ2v) is 5.72. The fourth-order valence-electron chi connectivity index (χ4n) is 2.11. The molecule has 0 aliphatic heterocycles. The zero-order chi connectivity index (χ0) is 13.5. The van der Waals surface area contributed by atoms with Crippen molar-refractivity contribution in [2.24, 2.45) is 0 Å². The van der Waals surface area contributed by atoms with Crippen LogP contribution in [0.25, 0.3) is 0 Å². The molecule has 2 heteroatoms. The minimum Gasteiger partial charge on any atom is -0.497 e. The smallest absolute Gasteiger partial charge is 0.118 e. The maximum absolute atomic E-state index is 5.17. The van der Waals surface area contributed by atoms with Crippen molar-refractivity contribution in [1.29, 1.82) is 0 Å². The van der Waals surface area contributed by atoms with Crippen LogP contribution in [0, 0.1) is 0 Å². The van der Waals surface area contributed by atoms with Gasteiger partial charge >= 0.3 is 0 Å². The molecule has 0 heterocycles. The number of ether oxygens (including phenoxy) is 1. The predicted octanol–water partition coefficient (Wildman–Crippen LogP) is 5.15. The Labute approximate surface area is 123 Å². The third-order valence-electron chi connectivity index (χ3n) is 3.24. The second-order valence-electron chi connectivity index (χ2n) is 4.62. The zero-order valence-electron chi connectivity index (χ0n) is 11.2. The minimum atomic E-state index is 0.419. The quantitative estimate of drug-likeness (QED) is 0.669. The summed E-state index contributed by atoms with van der Waals surface area (Å²) in [6, 6.07) is 18.9. The SMILES string of the molecule is COc1ccc(C(Br)CCCc2ccccc2)cc1. The standard InChI is InChI=1S/C17H19BrO/c1-19-16-12-10-15(11-13-16)17(18)9-5-8-14-6-3-2-4-7-14/h2-4,6-7,10-13,17H,5,8-9H2,1H3. The first-order valence-corrected chi connectivity index (χ1v) is 7.53. The van der Waals surface area contributed by atoms with Crippen molar-refractivity contribution in [3.8, 4) is 5.75 Å². The van der Waals surface area contributed by atoms with E-state index >= 15 is 0 Å². The van der Waals surface area contributed by atoms with Crippen LogP contribution in [0.1, 0.15) is 28.8 Å². The van der Waals surface area contributed by atoms with E-state index in [9.17, 15) is 0 Å². The maximum Gasteiger partial charge on any atom is 0.118 e. The molecule has 0 fully saturated rings. The van der Waals surface area contributed by atoms with E-state index in [1.54, 1.807) is 7.11 Å². The highest BCUT2D eigenvalue weighted by Gasteiger charge is 2.07. The van der Waals surface area contributed by atoms with E-state index in [4.69, 9.17) is 4.74 Å². The lowest BCUT2D eigenvalue weighted by molar-refractivity contribution is 0.414. The molecule has 0 saturated heterocycles. The topological polar surface area (TPSA) is 9.23 Å². The molecular weight excluding hydrogens is 300 g/mol. The van der Waals surface area contributed by atoms with Crippen LogP contribution in [-0.4, -0.2) is 7.11 Å². The Morgan fingerprint density at radius 2 is 1.68 bits per heavy atom. The molecule has 0 N–H and O–H groups in total. The summed E-state index contributed by atoms with van der Waals surface area (Å²) >= 11 is 3.77. The van der Waals surface area contributed by atoms with E-state index in [2.05, 4.69) is 58.4 Å². The molecule has 2 rings (SSSR count). The fourth-order valence-corrected chi connectivity index (χ4v) is 2.74. The Morgan fingerprint density at radius 1 is 1.00 bits per heavy atom. The van der Waals surface area contributed by atoms with Crippen LogP contribution >= 0.6 is 15.9 Å². The highest BCUT2D eigenvalue weighted by Crippen LogP contribution is 2.29. The van der Waals surface area contributed by atoms with Crippen molar-refractivity contribution in [2.45, 2.75) is 24.1 Å². The van der Waals surface area contributed by atoms with Gasteiger partial charge in [0.15, 0.2) is 0 Å². The maximum atomic E-state index is 5.17. The van der Waals surface area contributed by atoms with Crippen LogP contribution in [0.5, 0.6) is 5.75 Å². The van der Waals surface area contributed by atoms with Crippen molar-refractivity contribution in [1.82, 2.24) is 0 Å². The van der Waals surface area contributed by atoms with Gasteiger partial charge < -0.3 is 4.74 Å². The average Bonchev–Trinajstić information content (AvgIpc) is 2.48. The first kappa shape index (κ1) is 14.1. The molecule has 19 heavy (non-hydrogen) atoms. The Hall–Kier alpha value is -1.28. The molecule has 1 atom stereocenters. The van der Waals surface area contributed by atoms with Crippen molar-refractivity contribution < 1.29 is 4.74 Å². The third kappa shape index (κ3) is 4.39. The van der Waals surface area contributed by atoms with Gasteiger partial charge in [-0.3, -0.25) is 0 Å². The fraction of sp³-hybridized carbons (Fsp3) is 0.294. The lowest BCUT2D eigenvalue weighted by atomic mass is 10.0. The van der Waals surface area contributed by atoms with Crippen LogP contribution in [0.3, 0.4) is 0 Å². The summed E-state index contributed by atoms with van der Waals surface area (Å²) < 4.78 is 5.17. The van der Waals surface area contributed by atoms with Gasteiger partial charge in [-0.2, -0.15) is 0 Å². The predicted molar refractivity (Wildman–Crippen MR) is 84.0 cm³/mol. The van der Waals surface area contributed by atoms with Gasteiger partial charge in [-0.15, -0.1) is 0 Å². The van der Waals surface area contributed by atoms with E-state index in [1.165, 1.54) is 17.5 Å². The highest BCUT2D eigenvalue weighted by molar-refractivity contribution is 9.09. The molecule has 0 bridgehead atoms. The molecule has 0 amide bonds. The van der Waals surface area contributed by atoms with Gasteiger partial charge in [0.25, 0.3) is 0 Å². The van der Waals surface area contributed by atoms with Gasteiger partial charge in [0, 0.05) is 4.83 Å². The van der Waals surface area contributed by atoms with Gasteiger partial charge in [-0.25, -0.2) is 0 Å². The summed E-state index contributed by atoms with van der Waals surface area (Å²) in [5, 5.41) is 0. The van der Waals surface area contributed by atoms with Crippen molar-refractivity contribution >= 4 is 15.9 Å². The zero-order valence-corrected chi connectivity index (χ0v) is 12.8. The van der Waals surface area contributed by atoms with Crippen LogP contribution in [0.4, 0.5) is 0 Å². The monoisotopic (exact) mass is 318 g/mol. The van der Waals surface area contributed by atoms with E-state index < -0.39 is 0 Å². The number of methoxy groups -OCH3 is 1. The molecule has 1 unspecified atom stereocenters. The molecule has 100 valence electrons. The summed E-state index contributed by atoms with van der Waals surface area (Å²) in [5.41, 5.74) is 2.73. The van der Waals surface area contributed by atoms with Gasteiger partial charge in [0.2, 0.25) is 0 Å². The van der Waals surface area contributed by atoms with Crippen molar-refractivity contribution in [3.63, 3.8) is 0 Å². The van der Waals surface area contributed by atoms with E-state index in [0.717, 1.165) is 18.6 Å². The second kappa shape index (κ2) is 7.34. The van der Waals surface area contributed by atoms with Gasteiger partial charge in [-0.1, -0.05) is 58.4 Å². The number of benzene rings is 2. The summed E-state index contributed by atoms with van der Waals surface area (Å²) in [5.74, 6) is 0.910. The largest absolute Gasteiger partial charge is 0.497 e. The van der Waals surface area contributed by atoms with Gasteiger partial charge in [0.05, 0.1) is 7.11 Å². The van der Waals surface area contributed by atoms with E-state index in [0.29, 0.717) is 4.83 Å². The Bertz CT molecular complexity index is 478. The minimum absolute atomic E-state index is 0.419. The average molecular weight is 319 g/mol. The molecule has 2 aromatic carbocycles. The lowest BCUT2D eigenvalue weighted by Gasteiger charge is -2.11. The number of rotatable bonds is 6. The molecule has 0 aromatic heterocycles. The van der Waals surface area contributed by atoms with E-state index in [-0.39, 0.29) is 0 Å². The molecule has 0 aliphatic carbocycles. The molecule has 2 aromatic rings. The molecule has 0 saturated carbocycles. The molecular formula is C17H19BrO. The third-order valence-corrected chi connectivity index (χ3v) is 4.23. The molecule has 0 aliphatic rings. The van der Waals surface area contributed by atoms with E-state index in [1.807, 2.05) is 12.1 Å². The van der Waals surface area contributed by atoms with Crippen molar-refractivity contribution in [2.75, 3.05) is 7.11 Å². The number of aryl methyl sites for hydroxylation is 1. The molecule has 1 nitrogen and oxygen atoms in total. The summed E-state index contributed by atoms with van der Waals surface area (Å²) in [7, 11) is 1.69. The summed E-state index contributed by atoms with van der Waals surface area (Å²) in [6.07, 6.45) is 3.46. The number of hydrogen-bond acceptors (Lipinski definition) is 1. The summed E-state index contributed by atoms with van der Waals surface area (Å²) in [4.78, 5) is 0.419. The van der Waals surface area contributed by atoms with Crippen LogP contribution < -0.4 is 4.74 Å². The van der Waals surface area contributed by atoms with Crippen LogP contribution in [0.2, 0.25) is 0 Å². The van der Waals surface area contributed by atoms with Crippen LogP contribution in [0.15, 0.2) is 54.6 Å². The van der Waals surface area contributed by atoms with Crippen molar-refractivity contribution in [3.05, 3.63) is 65.7 Å². The lowest BCUT2D eigenvalue weighted by Crippen LogP contribution is -1.93. The Kier molecular flexibility index (Phi) is 5.46. The Morgan fingerprint density at radius 3 is 2.32 bits per heavy atom. The van der Waals surface area contributed by atoms with Gasteiger partial charge in [0.1, 0.15) is 5.75 Å². The Balaban J connectivity index is 1.82. The van der Waals surface area contributed by atoms with Crippen LogP contribution in [-0.2, 0) is 6.42 Å². The van der Waals surface area contributed by atoms with Gasteiger partial charge in [-0.05, 0) is 42.5 Å². The number of halogens is 1. The first-order valence-electron chi connectivity index (χ1n) is 6.61.